The fourth-order valence-corrected chi connectivity index (χ4v) is 7.94. The molecule has 2 bridgehead atoms. The van der Waals surface area contributed by atoms with Crippen molar-refractivity contribution in [3.63, 3.8) is 0 Å². The van der Waals surface area contributed by atoms with Crippen LogP contribution in [0.25, 0.3) is 22.2 Å². The number of anilines is 1. The normalized spacial score (nSPS) is 24.3. The van der Waals surface area contributed by atoms with Gasteiger partial charge in [0.2, 0.25) is 0 Å². The molecule has 3 aliphatic heterocycles. The van der Waals surface area contributed by atoms with E-state index in [1.54, 1.807) is 0 Å². The number of ether oxygens (including phenoxy) is 1. The van der Waals surface area contributed by atoms with Crippen molar-refractivity contribution in [3.8, 4) is 17.3 Å². The van der Waals surface area contributed by atoms with Gasteiger partial charge in [-0.2, -0.15) is 23.1 Å². The second-order valence-corrected chi connectivity index (χ2v) is 14.8. The number of rotatable bonds is 7. The Balaban J connectivity index is 1.28. The molecule has 1 saturated carbocycles. The summed E-state index contributed by atoms with van der Waals surface area (Å²) in [7, 11) is 0. The van der Waals surface area contributed by atoms with Crippen LogP contribution in [-0.4, -0.2) is 71.3 Å². The quantitative estimate of drug-likeness (QED) is 0.277. The van der Waals surface area contributed by atoms with Crippen LogP contribution in [0.2, 0.25) is 5.02 Å². The van der Waals surface area contributed by atoms with Crippen molar-refractivity contribution >= 4 is 28.3 Å². The average molecular weight is 647 g/mol. The number of pyridine rings is 1. The first-order chi connectivity index (χ1) is 21.3. The molecule has 2 unspecified atom stereocenters. The lowest BCUT2D eigenvalue weighted by atomic mass is 9.84. The molecule has 12 heteroatoms. The van der Waals surface area contributed by atoms with E-state index >= 15 is 4.39 Å². The lowest BCUT2D eigenvalue weighted by molar-refractivity contribution is -0.137. The van der Waals surface area contributed by atoms with Crippen molar-refractivity contribution in [3.05, 3.63) is 40.3 Å². The number of piperidine rings is 1. The van der Waals surface area contributed by atoms with Crippen molar-refractivity contribution < 1.29 is 22.3 Å². The van der Waals surface area contributed by atoms with Gasteiger partial charge in [0.25, 0.3) is 0 Å². The van der Waals surface area contributed by atoms with E-state index in [0.29, 0.717) is 30.9 Å². The molecule has 0 radical (unpaired) electrons. The van der Waals surface area contributed by atoms with Crippen molar-refractivity contribution in [2.24, 2.45) is 10.8 Å². The minimum atomic E-state index is -4.76. The number of piperazine rings is 1. The number of aryl methyl sites for hydroxylation is 1. The van der Waals surface area contributed by atoms with Crippen LogP contribution in [0.4, 0.5) is 23.4 Å². The summed E-state index contributed by atoms with van der Waals surface area (Å²) in [5, 5.41) is 3.76. The molecule has 3 saturated heterocycles. The third-order valence-corrected chi connectivity index (χ3v) is 10.3. The zero-order chi connectivity index (χ0) is 31.7. The molecule has 5 heterocycles. The molecule has 1 N–H and O–H groups in total. The molecule has 4 aliphatic rings. The van der Waals surface area contributed by atoms with Crippen LogP contribution in [-0.2, 0) is 6.18 Å². The van der Waals surface area contributed by atoms with Gasteiger partial charge in [0.05, 0.1) is 28.5 Å². The molecule has 7 rings (SSSR count). The van der Waals surface area contributed by atoms with E-state index in [9.17, 15) is 13.2 Å². The highest BCUT2D eigenvalue weighted by atomic mass is 35.5. The molecule has 4 fully saturated rings. The Kier molecular flexibility index (Phi) is 7.68. The fourth-order valence-electron chi connectivity index (χ4n) is 7.65. The van der Waals surface area contributed by atoms with Gasteiger partial charge in [-0.1, -0.05) is 25.4 Å². The van der Waals surface area contributed by atoms with E-state index in [4.69, 9.17) is 21.3 Å². The largest absolute Gasteiger partial charge is 0.463 e. The van der Waals surface area contributed by atoms with Crippen LogP contribution in [0.1, 0.15) is 63.5 Å². The number of alkyl halides is 3. The zero-order valence-electron chi connectivity index (χ0n) is 25.9. The van der Waals surface area contributed by atoms with Gasteiger partial charge in [-0.25, -0.2) is 4.39 Å². The van der Waals surface area contributed by atoms with Crippen molar-refractivity contribution in [2.45, 2.75) is 77.6 Å². The molecule has 2 atom stereocenters. The summed E-state index contributed by atoms with van der Waals surface area (Å²) >= 11 is 6.61. The van der Waals surface area contributed by atoms with Gasteiger partial charge in [-0.3, -0.25) is 4.98 Å². The summed E-state index contributed by atoms with van der Waals surface area (Å²) in [6.45, 7) is 10.7. The molecular weight excluding hydrogens is 608 g/mol. The first-order valence-electron chi connectivity index (χ1n) is 15.9. The fraction of sp³-hybridized carbons (Fsp3) is 0.606. The summed E-state index contributed by atoms with van der Waals surface area (Å²) in [6.07, 6.45) is 2.97. The molecule has 1 aliphatic carbocycles. The van der Waals surface area contributed by atoms with Gasteiger partial charge in [-0.05, 0) is 75.1 Å². The van der Waals surface area contributed by atoms with Gasteiger partial charge >= 0.3 is 12.2 Å². The van der Waals surface area contributed by atoms with Crippen molar-refractivity contribution in [2.75, 3.05) is 44.2 Å². The summed E-state index contributed by atoms with van der Waals surface area (Å²) in [5.41, 5.74) is -1.94. The number of fused-ring (bicyclic) bond motifs is 3. The first kappa shape index (κ1) is 30.9. The maximum Gasteiger partial charge on any atom is 0.418 e. The van der Waals surface area contributed by atoms with Crippen LogP contribution in [0.3, 0.4) is 0 Å². The monoisotopic (exact) mass is 646 g/mol. The summed E-state index contributed by atoms with van der Waals surface area (Å²) in [6, 6.07) is 3.29. The van der Waals surface area contributed by atoms with E-state index in [1.165, 1.54) is 38.1 Å². The lowest BCUT2D eigenvalue weighted by Gasteiger charge is -2.39. The number of nitrogens with one attached hydrogen (secondary N) is 1. The average Bonchev–Trinajstić information content (AvgIpc) is 3.64. The Morgan fingerprint density at radius 1 is 1.11 bits per heavy atom. The highest BCUT2D eigenvalue weighted by Crippen LogP contribution is 2.48. The number of nitrogens with zero attached hydrogens (tertiary/aromatic N) is 5. The van der Waals surface area contributed by atoms with Crippen LogP contribution in [0.15, 0.2) is 18.3 Å². The van der Waals surface area contributed by atoms with Crippen LogP contribution in [0.5, 0.6) is 6.01 Å². The standard InChI is InChI=1S/C33H39ClF4N6O/c1-19-7-11-39-28(25(19)33(36,37)38)24-23(34)13-22-27(26(24)35)41-30(42-29(22)44-14-20-5-6-21(15-44)40-20)45-18-32(9-10-32)17-43-12-4-8-31(2,3)16-43/h7,11,13,20-21,40H,4-6,8-10,12,14-18H2,1-3H3. The summed E-state index contributed by atoms with van der Waals surface area (Å²) in [5.74, 6) is -0.485. The highest BCUT2D eigenvalue weighted by Gasteiger charge is 2.46. The number of hydrogen-bond acceptors (Lipinski definition) is 7. The molecular formula is C33H39ClF4N6O. The third kappa shape index (κ3) is 6.07. The summed E-state index contributed by atoms with van der Waals surface area (Å²) < 4.78 is 65.4. The highest BCUT2D eigenvalue weighted by molar-refractivity contribution is 6.34. The molecule has 7 nitrogen and oxygen atoms in total. The SMILES string of the molecule is Cc1ccnc(-c2c(Cl)cc3c(N4CC5CCC(C4)N5)nc(OCC4(CN5CCCC(C)(C)C5)CC4)nc3c2F)c1C(F)(F)F. The number of halogens is 5. The predicted octanol–water partition coefficient (Wildman–Crippen LogP) is 7.03. The molecule has 0 amide bonds. The van der Waals surface area contributed by atoms with Crippen LogP contribution >= 0.6 is 11.6 Å². The molecule has 0 spiro atoms. The number of hydrogen-bond donors (Lipinski definition) is 1. The zero-order valence-corrected chi connectivity index (χ0v) is 26.7. The Hall–Kier alpha value is -2.76. The molecule has 3 aromatic rings. The minimum Gasteiger partial charge on any atom is -0.463 e. The van der Waals surface area contributed by atoms with Crippen LogP contribution < -0.4 is 15.0 Å². The Morgan fingerprint density at radius 2 is 1.84 bits per heavy atom. The number of aromatic nitrogens is 3. The van der Waals surface area contributed by atoms with E-state index in [-0.39, 0.29) is 45.0 Å². The van der Waals surface area contributed by atoms with Crippen LogP contribution in [0, 0.1) is 23.6 Å². The summed E-state index contributed by atoms with van der Waals surface area (Å²) in [4.78, 5) is 17.9. The van der Waals surface area contributed by atoms with Gasteiger partial charge in [0.15, 0.2) is 5.82 Å². The van der Waals surface area contributed by atoms with E-state index in [0.717, 1.165) is 45.3 Å². The first-order valence-corrected chi connectivity index (χ1v) is 16.3. The minimum absolute atomic E-state index is 0.0170. The van der Waals surface area contributed by atoms with E-state index in [1.807, 2.05) is 0 Å². The molecule has 45 heavy (non-hydrogen) atoms. The molecule has 1 aromatic carbocycles. The van der Waals surface area contributed by atoms with Gasteiger partial charge in [0, 0.05) is 55.3 Å². The molecule has 242 valence electrons. The number of benzene rings is 1. The Labute approximate surface area is 265 Å². The topological polar surface area (TPSA) is 66.4 Å². The van der Waals surface area contributed by atoms with Gasteiger partial charge in [-0.15, -0.1) is 0 Å². The molecule has 2 aromatic heterocycles. The van der Waals surface area contributed by atoms with Gasteiger partial charge < -0.3 is 19.9 Å². The van der Waals surface area contributed by atoms with Crippen molar-refractivity contribution in [1.82, 2.24) is 25.2 Å². The van der Waals surface area contributed by atoms with E-state index < -0.39 is 28.8 Å². The Bertz CT molecular complexity index is 1620. The number of likely N-dealkylation sites (tertiary alicyclic amines) is 1. The third-order valence-electron chi connectivity index (χ3n) is 10.0. The second kappa shape index (κ2) is 11.2. The van der Waals surface area contributed by atoms with Gasteiger partial charge in [0.1, 0.15) is 11.3 Å². The lowest BCUT2D eigenvalue weighted by Crippen LogP contribution is -2.51. The predicted molar refractivity (Wildman–Crippen MR) is 166 cm³/mol. The second-order valence-electron chi connectivity index (χ2n) is 14.4. The van der Waals surface area contributed by atoms with Crippen molar-refractivity contribution in [1.29, 1.82) is 0 Å². The van der Waals surface area contributed by atoms with E-state index in [2.05, 4.69) is 38.9 Å². The smallest absolute Gasteiger partial charge is 0.418 e. The Morgan fingerprint density at radius 3 is 2.51 bits per heavy atom. The maximum atomic E-state index is 16.6. The maximum absolute atomic E-state index is 16.6.